The van der Waals surface area contributed by atoms with Crippen LogP contribution in [-0.2, 0) is 4.79 Å². The lowest BCUT2D eigenvalue weighted by Crippen LogP contribution is -2.51. The van der Waals surface area contributed by atoms with Gasteiger partial charge in [-0.05, 0) is 92.2 Å². The molecule has 2 fully saturated rings. The molecular formula is C28H30O4. The monoisotopic (exact) mass is 430 g/mol. The van der Waals surface area contributed by atoms with E-state index in [1.165, 1.54) is 22.3 Å². The van der Waals surface area contributed by atoms with Crippen LogP contribution in [0, 0.1) is 29.1 Å². The molecular weight excluding hydrogens is 400 g/mol. The van der Waals surface area contributed by atoms with Gasteiger partial charge in [0.25, 0.3) is 0 Å². The van der Waals surface area contributed by atoms with E-state index in [-0.39, 0.29) is 23.9 Å². The molecule has 0 spiro atoms. The van der Waals surface area contributed by atoms with E-state index in [9.17, 15) is 9.90 Å². The average molecular weight is 431 g/mol. The predicted molar refractivity (Wildman–Crippen MR) is 121 cm³/mol. The number of aliphatic hydroxyl groups is 1. The molecule has 0 aromatic heterocycles. The minimum absolute atomic E-state index is 0.186. The highest BCUT2D eigenvalue weighted by Gasteiger charge is 2.62. The Bertz CT molecular complexity index is 1130. The van der Waals surface area contributed by atoms with E-state index in [2.05, 4.69) is 30.9 Å². The summed E-state index contributed by atoms with van der Waals surface area (Å²) in [6, 6.07) is 6.31. The number of ketones is 1. The van der Waals surface area contributed by atoms with Gasteiger partial charge in [-0.2, -0.15) is 0 Å². The smallest absolute Gasteiger partial charge is 0.231 e. The number of hydrogen-bond donors (Lipinski definition) is 1. The van der Waals surface area contributed by atoms with Crippen LogP contribution in [-0.4, -0.2) is 23.3 Å². The number of carbonyl (C=O) groups excluding carboxylic acids is 1. The van der Waals surface area contributed by atoms with Crippen LogP contribution in [0.4, 0.5) is 0 Å². The first-order valence-electron chi connectivity index (χ1n) is 12.0. The van der Waals surface area contributed by atoms with Crippen LogP contribution < -0.4 is 9.47 Å². The van der Waals surface area contributed by atoms with Gasteiger partial charge in [-0.3, -0.25) is 4.79 Å². The van der Waals surface area contributed by atoms with Crippen molar-refractivity contribution in [3.8, 4) is 23.3 Å². The highest BCUT2D eigenvalue weighted by molar-refractivity contribution is 5.93. The summed E-state index contributed by atoms with van der Waals surface area (Å²) in [7, 11) is 0. The first kappa shape index (κ1) is 20.1. The lowest BCUT2D eigenvalue weighted by atomic mass is 9.51. The molecule has 4 heteroatoms. The van der Waals surface area contributed by atoms with Gasteiger partial charge in [0, 0.05) is 17.8 Å². The van der Waals surface area contributed by atoms with Gasteiger partial charge < -0.3 is 14.6 Å². The standard InChI is InChI=1S/C28H30O4/c1-3-11-28(30)12-10-23-21-7-4-17-13-19(29)6-8-20(17)26(21)22(15-27(23,28)2)18-5-9-24-25(14-18)32-16-31-24/h5,9,13-14,21-23,30H,4,6-8,10,12,15-16H2,1-2H3/t21-,22+,23-,27-,28-/m0/s1. The van der Waals surface area contributed by atoms with Crippen molar-refractivity contribution in [2.45, 2.75) is 70.3 Å². The average Bonchev–Trinajstić information content (AvgIpc) is 3.35. The lowest BCUT2D eigenvalue weighted by Gasteiger charge is -2.53. The molecule has 166 valence electrons. The molecule has 4 nitrogen and oxygen atoms in total. The molecule has 1 heterocycles. The molecule has 4 aliphatic carbocycles. The Morgan fingerprint density at radius 2 is 1.97 bits per heavy atom. The first-order valence-corrected chi connectivity index (χ1v) is 12.0. The summed E-state index contributed by atoms with van der Waals surface area (Å²) in [6.07, 6.45) is 7.98. The Labute approximate surface area is 189 Å². The molecule has 5 atom stereocenters. The number of hydrogen-bond acceptors (Lipinski definition) is 4. The maximum atomic E-state index is 12.2. The van der Waals surface area contributed by atoms with E-state index in [1.807, 2.05) is 19.1 Å². The summed E-state index contributed by atoms with van der Waals surface area (Å²) in [4.78, 5) is 12.2. The van der Waals surface area contributed by atoms with Gasteiger partial charge in [0.2, 0.25) is 6.79 Å². The molecule has 0 radical (unpaired) electrons. The zero-order valence-corrected chi connectivity index (χ0v) is 18.9. The molecule has 1 N–H and O–H groups in total. The van der Waals surface area contributed by atoms with E-state index < -0.39 is 5.60 Å². The van der Waals surface area contributed by atoms with Gasteiger partial charge in [0.15, 0.2) is 17.3 Å². The van der Waals surface area contributed by atoms with E-state index in [0.29, 0.717) is 18.3 Å². The molecule has 1 aliphatic heterocycles. The predicted octanol–water partition coefficient (Wildman–Crippen LogP) is 5.07. The highest BCUT2D eigenvalue weighted by atomic mass is 16.7. The number of benzene rings is 1. The van der Waals surface area contributed by atoms with Crippen molar-refractivity contribution in [1.29, 1.82) is 0 Å². The molecule has 5 aliphatic rings. The van der Waals surface area contributed by atoms with Crippen LogP contribution in [0.1, 0.15) is 70.3 Å². The highest BCUT2D eigenvalue weighted by Crippen LogP contribution is 2.66. The summed E-state index contributed by atoms with van der Waals surface area (Å²) in [5, 5.41) is 11.7. The second kappa shape index (κ2) is 6.99. The zero-order valence-electron chi connectivity index (χ0n) is 18.9. The van der Waals surface area contributed by atoms with Crippen LogP contribution >= 0.6 is 0 Å². The summed E-state index contributed by atoms with van der Waals surface area (Å²) in [5.74, 6) is 9.14. The number of allylic oxidation sites excluding steroid dienone is 4. The lowest BCUT2D eigenvalue weighted by molar-refractivity contribution is -0.114. The first-order chi connectivity index (χ1) is 15.4. The van der Waals surface area contributed by atoms with Crippen molar-refractivity contribution in [2.24, 2.45) is 17.3 Å². The molecule has 1 aromatic rings. The third kappa shape index (κ3) is 2.70. The second-order valence-corrected chi connectivity index (χ2v) is 10.4. The molecule has 0 bridgehead atoms. The Kier molecular flexibility index (Phi) is 4.40. The van der Waals surface area contributed by atoms with Crippen molar-refractivity contribution in [2.75, 3.05) is 6.79 Å². The maximum absolute atomic E-state index is 12.2. The van der Waals surface area contributed by atoms with Gasteiger partial charge in [-0.25, -0.2) is 0 Å². The van der Waals surface area contributed by atoms with Crippen molar-refractivity contribution in [3.63, 3.8) is 0 Å². The zero-order chi connectivity index (χ0) is 22.1. The van der Waals surface area contributed by atoms with Gasteiger partial charge in [-0.15, -0.1) is 5.92 Å². The SMILES string of the molecule is CC#C[C@]1(O)CC[C@H]2[C@@H]3CCC4=CC(=O)CCC4=C3[C@@H](c3ccc4c(c3)OCO4)C[C@@]21C. The molecule has 6 rings (SSSR count). The third-order valence-electron chi connectivity index (χ3n) is 9.02. The van der Waals surface area contributed by atoms with Crippen LogP contribution in [0.15, 0.2) is 41.0 Å². The molecule has 2 saturated carbocycles. The number of ether oxygens (including phenoxy) is 2. The minimum Gasteiger partial charge on any atom is -0.454 e. The largest absolute Gasteiger partial charge is 0.454 e. The fourth-order valence-corrected chi connectivity index (χ4v) is 7.51. The van der Waals surface area contributed by atoms with Gasteiger partial charge in [0.05, 0.1) is 0 Å². The van der Waals surface area contributed by atoms with Gasteiger partial charge in [-0.1, -0.05) is 24.5 Å². The summed E-state index contributed by atoms with van der Waals surface area (Å²) in [5.41, 5.74) is 4.20. The van der Waals surface area contributed by atoms with Crippen molar-refractivity contribution in [3.05, 3.63) is 46.6 Å². The Morgan fingerprint density at radius 3 is 2.81 bits per heavy atom. The third-order valence-corrected chi connectivity index (χ3v) is 9.02. The van der Waals surface area contributed by atoms with Crippen molar-refractivity contribution in [1.82, 2.24) is 0 Å². The van der Waals surface area contributed by atoms with E-state index in [0.717, 1.165) is 50.0 Å². The molecule has 32 heavy (non-hydrogen) atoms. The fraction of sp³-hybridized carbons (Fsp3) is 0.536. The number of carbonyl (C=O) groups is 1. The van der Waals surface area contributed by atoms with Crippen molar-refractivity contribution < 1.29 is 19.4 Å². The molecule has 0 saturated heterocycles. The van der Waals surface area contributed by atoms with Crippen LogP contribution in [0.2, 0.25) is 0 Å². The Balaban J connectivity index is 1.54. The van der Waals surface area contributed by atoms with Crippen LogP contribution in [0.25, 0.3) is 0 Å². The molecule has 0 amide bonds. The Morgan fingerprint density at radius 1 is 1.12 bits per heavy atom. The quantitative estimate of drug-likeness (QED) is 0.632. The van der Waals surface area contributed by atoms with E-state index >= 15 is 0 Å². The summed E-state index contributed by atoms with van der Waals surface area (Å²) in [6.45, 7) is 4.36. The van der Waals surface area contributed by atoms with Gasteiger partial charge in [0.1, 0.15) is 5.60 Å². The summed E-state index contributed by atoms with van der Waals surface area (Å²) >= 11 is 0. The van der Waals surface area contributed by atoms with Crippen LogP contribution in [0.5, 0.6) is 11.5 Å². The Hall–Kier alpha value is -2.51. The summed E-state index contributed by atoms with van der Waals surface area (Å²) < 4.78 is 11.3. The van der Waals surface area contributed by atoms with E-state index in [1.54, 1.807) is 0 Å². The minimum atomic E-state index is -0.949. The fourth-order valence-electron chi connectivity index (χ4n) is 7.51. The van der Waals surface area contributed by atoms with Gasteiger partial charge >= 0.3 is 0 Å². The second-order valence-electron chi connectivity index (χ2n) is 10.4. The molecule has 0 unspecified atom stereocenters. The normalized spacial score (nSPS) is 37.2. The number of rotatable bonds is 1. The van der Waals surface area contributed by atoms with E-state index in [4.69, 9.17) is 9.47 Å². The maximum Gasteiger partial charge on any atom is 0.231 e. The molecule has 1 aromatic carbocycles. The van der Waals surface area contributed by atoms with Crippen LogP contribution in [0.3, 0.4) is 0 Å². The number of fused-ring (bicyclic) bond motifs is 5. The topological polar surface area (TPSA) is 55.8 Å². The van der Waals surface area contributed by atoms with Crippen molar-refractivity contribution >= 4 is 5.78 Å².